The second kappa shape index (κ2) is 4.47. The number of rotatable bonds is 0. The van der Waals surface area contributed by atoms with Gasteiger partial charge in [0.2, 0.25) is 0 Å². The minimum atomic E-state index is -0.735. The first-order valence-electron chi connectivity index (χ1n) is 8.73. The fraction of sp³-hybridized carbons (Fsp3) is 0.737. The minimum Gasteiger partial charge on any atom is -0.399 e. The van der Waals surface area contributed by atoms with Gasteiger partial charge in [0.25, 0.3) is 0 Å². The highest BCUT2D eigenvalue weighted by Crippen LogP contribution is 2.64. The number of fused-ring (bicyclic) bond motifs is 5. The molecule has 4 aliphatic carbocycles. The van der Waals surface area contributed by atoms with Gasteiger partial charge in [0.15, 0.2) is 5.78 Å². The highest BCUT2D eigenvalue weighted by molar-refractivity contribution is 5.86. The average Bonchev–Trinajstić information content (AvgIpc) is 2.72. The average molecular weight is 301 g/mol. The third-order valence-corrected chi connectivity index (χ3v) is 7.66. The van der Waals surface area contributed by atoms with Gasteiger partial charge in [-0.1, -0.05) is 26.0 Å². The number of Topliss-reactive ketones (excluding diaryl/α,β-unsaturated/α-hetero) is 1. The molecule has 120 valence electrons. The monoisotopic (exact) mass is 301 g/mol. The fourth-order valence-electron chi connectivity index (χ4n) is 6.26. The molecule has 3 saturated carbocycles. The molecule has 3 nitrogen and oxygen atoms in total. The van der Waals surface area contributed by atoms with E-state index in [2.05, 4.69) is 32.1 Å². The molecule has 0 aromatic heterocycles. The number of aliphatic hydroxyl groups excluding tert-OH is 1. The van der Waals surface area contributed by atoms with E-state index in [-0.39, 0.29) is 16.6 Å². The van der Waals surface area contributed by atoms with Crippen LogP contribution in [0.5, 0.6) is 0 Å². The number of ketones is 1. The van der Waals surface area contributed by atoms with Crippen molar-refractivity contribution in [2.45, 2.75) is 52.1 Å². The van der Waals surface area contributed by atoms with E-state index in [1.165, 1.54) is 6.42 Å². The van der Waals surface area contributed by atoms with E-state index in [1.54, 1.807) is 0 Å². The second-order valence-corrected chi connectivity index (χ2v) is 8.54. The van der Waals surface area contributed by atoms with E-state index in [9.17, 15) is 9.90 Å². The molecule has 22 heavy (non-hydrogen) atoms. The molecule has 0 amide bonds. The molecule has 0 aliphatic heterocycles. The highest BCUT2D eigenvalue weighted by Gasteiger charge is 2.61. The first-order valence-corrected chi connectivity index (χ1v) is 8.73. The van der Waals surface area contributed by atoms with Gasteiger partial charge in [-0.15, -0.1) is 0 Å². The molecule has 0 saturated heterocycles. The van der Waals surface area contributed by atoms with Crippen LogP contribution in [-0.2, 0) is 4.79 Å². The molecule has 0 spiro atoms. The Labute approximate surface area is 132 Å². The van der Waals surface area contributed by atoms with Gasteiger partial charge >= 0.3 is 0 Å². The standard InChI is InChI=1S/C19H27NO2/c1-18-7-5-12(20)9-11(18)3-4-13-14(18)6-8-19(2)15(13)10-16(21)17(19)22/h5,7,9,11,13-15,17,22H,3-4,6,8,10,20H2,1-2H3/t11?,13-,14-,15+,17?,18+,19+/m1/s1. The number of carbonyl (C=O) groups is 1. The van der Waals surface area contributed by atoms with Crippen LogP contribution in [0, 0.1) is 34.5 Å². The molecule has 4 rings (SSSR count). The van der Waals surface area contributed by atoms with E-state index in [0.29, 0.717) is 30.1 Å². The Bertz CT molecular complexity index is 580. The van der Waals surface area contributed by atoms with Gasteiger partial charge in [0, 0.05) is 17.5 Å². The molecule has 3 N–H and O–H groups in total. The van der Waals surface area contributed by atoms with Crippen LogP contribution < -0.4 is 5.73 Å². The van der Waals surface area contributed by atoms with Crippen molar-refractivity contribution >= 4 is 5.78 Å². The molecule has 0 heterocycles. The van der Waals surface area contributed by atoms with Gasteiger partial charge in [-0.3, -0.25) is 4.79 Å². The van der Waals surface area contributed by atoms with Gasteiger partial charge in [-0.25, -0.2) is 0 Å². The summed E-state index contributed by atoms with van der Waals surface area (Å²) in [6.45, 7) is 4.52. The van der Waals surface area contributed by atoms with Crippen molar-refractivity contribution in [3.05, 3.63) is 23.9 Å². The first-order chi connectivity index (χ1) is 10.4. The van der Waals surface area contributed by atoms with Crippen molar-refractivity contribution in [3.8, 4) is 0 Å². The van der Waals surface area contributed by atoms with E-state index >= 15 is 0 Å². The molecule has 2 unspecified atom stereocenters. The van der Waals surface area contributed by atoms with Gasteiger partial charge in [-0.2, -0.15) is 0 Å². The topological polar surface area (TPSA) is 63.3 Å². The van der Waals surface area contributed by atoms with Crippen LogP contribution in [0.25, 0.3) is 0 Å². The van der Waals surface area contributed by atoms with Crippen molar-refractivity contribution in [1.82, 2.24) is 0 Å². The molecule has 0 radical (unpaired) electrons. The summed E-state index contributed by atoms with van der Waals surface area (Å²) in [7, 11) is 0. The van der Waals surface area contributed by atoms with Crippen LogP contribution in [0.1, 0.15) is 46.0 Å². The normalized spacial score (nSPS) is 53.5. The number of hydrogen-bond acceptors (Lipinski definition) is 3. The Morgan fingerprint density at radius 1 is 1.23 bits per heavy atom. The van der Waals surface area contributed by atoms with Crippen molar-refractivity contribution in [2.24, 2.45) is 40.2 Å². The fourth-order valence-corrected chi connectivity index (χ4v) is 6.26. The summed E-state index contributed by atoms with van der Waals surface area (Å²) >= 11 is 0. The molecular formula is C19H27NO2. The molecular weight excluding hydrogens is 274 g/mol. The Morgan fingerprint density at radius 3 is 2.77 bits per heavy atom. The van der Waals surface area contributed by atoms with Crippen molar-refractivity contribution in [2.75, 3.05) is 0 Å². The lowest BCUT2D eigenvalue weighted by Crippen LogP contribution is -2.52. The van der Waals surface area contributed by atoms with Crippen LogP contribution in [0.15, 0.2) is 23.9 Å². The summed E-state index contributed by atoms with van der Waals surface area (Å²) in [5.41, 5.74) is 6.89. The van der Waals surface area contributed by atoms with E-state index < -0.39 is 6.10 Å². The summed E-state index contributed by atoms with van der Waals surface area (Å²) in [6.07, 6.45) is 10.9. The largest absolute Gasteiger partial charge is 0.399 e. The van der Waals surface area contributed by atoms with E-state index in [4.69, 9.17) is 5.73 Å². The lowest BCUT2D eigenvalue weighted by molar-refractivity contribution is -0.129. The highest BCUT2D eigenvalue weighted by atomic mass is 16.3. The van der Waals surface area contributed by atoms with Crippen molar-refractivity contribution in [3.63, 3.8) is 0 Å². The zero-order valence-electron chi connectivity index (χ0n) is 13.6. The predicted molar refractivity (Wildman–Crippen MR) is 85.7 cm³/mol. The number of hydrogen-bond donors (Lipinski definition) is 2. The second-order valence-electron chi connectivity index (χ2n) is 8.54. The Morgan fingerprint density at radius 2 is 2.00 bits per heavy atom. The third kappa shape index (κ3) is 1.69. The molecule has 0 aromatic rings. The maximum Gasteiger partial charge on any atom is 0.162 e. The zero-order chi connectivity index (χ0) is 15.7. The molecule has 4 aliphatic rings. The van der Waals surface area contributed by atoms with Crippen LogP contribution in [0.2, 0.25) is 0 Å². The smallest absolute Gasteiger partial charge is 0.162 e. The van der Waals surface area contributed by atoms with Gasteiger partial charge in [0.05, 0.1) is 0 Å². The third-order valence-electron chi connectivity index (χ3n) is 7.66. The zero-order valence-corrected chi connectivity index (χ0v) is 13.6. The Balaban J connectivity index is 1.69. The molecule has 7 atom stereocenters. The molecule has 3 fully saturated rings. The number of carbonyl (C=O) groups excluding carboxylic acids is 1. The SMILES string of the molecule is C[C@]12C=CC(N)=CC1CC[C@@H]1[C@H]2CC[C@]2(C)C(O)C(=O)C[C@@H]12. The molecule has 0 aromatic carbocycles. The quantitative estimate of drug-likeness (QED) is 0.723. The van der Waals surface area contributed by atoms with Gasteiger partial charge in [-0.05, 0) is 60.8 Å². The van der Waals surface area contributed by atoms with Crippen LogP contribution >= 0.6 is 0 Å². The van der Waals surface area contributed by atoms with Gasteiger partial charge in [0.1, 0.15) is 6.10 Å². The van der Waals surface area contributed by atoms with E-state index in [0.717, 1.165) is 25.0 Å². The summed E-state index contributed by atoms with van der Waals surface area (Å²) in [5, 5.41) is 10.4. The maximum absolute atomic E-state index is 12.1. The van der Waals surface area contributed by atoms with Crippen LogP contribution in [0.4, 0.5) is 0 Å². The Kier molecular flexibility index (Phi) is 2.95. The summed E-state index contributed by atoms with van der Waals surface area (Å²) in [5.74, 6) is 2.15. The van der Waals surface area contributed by atoms with Crippen LogP contribution in [0.3, 0.4) is 0 Å². The van der Waals surface area contributed by atoms with Crippen molar-refractivity contribution < 1.29 is 9.90 Å². The molecule has 0 bridgehead atoms. The summed E-state index contributed by atoms with van der Waals surface area (Å²) in [6, 6.07) is 0. The lowest BCUT2D eigenvalue weighted by Gasteiger charge is -2.57. The minimum absolute atomic E-state index is 0.0729. The number of allylic oxidation sites excluding steroid dienone is 3. The lowest BCUT2D eigenvalue weighted by atomic mass is 9.47. The van der Waals surface area contributed by atoms with Crippen molar-refractivity contribution in [1.29, 1.82) is 0 Å². The van der Waals surface area contributed by atoms with Crippen LogP contribution in [-0.4, -0.2) is 17.0 Å². The summed E-state index contributed by atoms with van der Waals surface area (Å²) in [4.78, 5) is 12.1. The number of nitrogens with two attached hydrogens (primary N) is 1. The Hall–Kier alpha value is -1.09. The van der Waals surface area contributed by atoms with E-state index in [1.807, 2.05) is 0 Å². The van der Waals surface area contributed by atoms with Gasteiger partial charge < -0.3 is 10.8 Å². The molecule has 3 heteroatoms. The number of aliphatic hydroxyl groups is 1. The first kappa shape index (κ1) is 14.5. The summed E-state index contributed by atoms with van der Waals surface area (Å²) < 4.78 is 0. The predicted octanol–water partition coefficient (Wildman–Crippen LogP) is 2.80. The maximum atomic E-state index is 12.1.